The molecule has 2 rings (SSSR count). The Kier molecular flexibility index (Phi) is 1.82. The highest BCUT2D eigenvalue weighted by Gasteiger charge is 2.08. The second kappa shape index (κ2) is 2.88. The number of hydrogen-bond donors (Lipinski definition) is 0. The Balaban J connectivity index is 2.98. The molecule has 0 aliphatic carbocycles. The molecule has 0 bridgehead atoms. The zero-order valence-corrected chi connectivity index (χ0v) is 8.63. The van der Waals surface area contributed by atoms with E-state index in [4.69, 9.17) is 5.26 Å². The van der Waals surface area contributed by atoms with Crippen molar-refractivity contribution in [1.82, 2.24) is 4.57 Å². The van der Waals surface area contributed by atoms with Gasteiger partial charge in [0.15, 0.2) is 0 Å². The molecule has 0 saturated carbocycles. The van der Waals surface area contributed by atoms with Crippen LogP contribution in [0.25, 0.3) is 10.9 Å². The summed E-state index contributed by atoms with van der Waals surface area (Å²) < 4.78 is 2.02. The first-order valence-electron chi connectivity index (χ1n) is 4.60. The van der Waals surface area contributed by atoms with E-state index in [9.17, 15) is 0 Å². The van der Waals surface area contributed by atoms with Gasteiger partial charge in [0.2, 0.25) is 0 Å². The largest absolute Gasteiger partial charge is 0.349 e. The molecule has 14 heavy (non-hydrogen) atoms. The van der Waals surface area contributed by atoms with Gasteiger partial charge in [-0.2, -0.15) is 5.26 Å². The maximum absolute atomic E-state index is 8.97. The first-order chi connectivity index (χ1) is 6.63. The van der Waals surface area contributed by atoms with E-state index >= 15 is 0 Å². The molecular formula is C12H12N2. The van der Waals surface area contributed by atoms with Crippen LogP contribution in [-0.4, -0.2) is 4.57 Å². The van der Waals surface area contributed by atoms with Crippen molar-refractivity contribution in [2.24, 2.45) is 7.05 Å². The van der Waals surface area contributed by atoms with E-state index in [-0.39, 0.29) is 0 Å². The van der Waals surface area contributed by atoms with Crippen LogP contribution in [0.2, 0.25) is 0 Å². The molecule has 0 fully saturated rings. The molecular weight excluding hydrogens is 172 g/mol. The van der Waals surface area contributed by atoms with E-state index < -0.39 is 0 Å². The zero-order valence-electron chi connectivity index (χ0n) is 8.63. The Morgan fingerprint density at radius 2 is 2.00 bits per heavy atom. The Morgan fingerprint density at radius 3 is 2.64 bits per heavy atom. The van der Waals surface area contributed by atoms with Crippen molar-refractivity contribution >= 4 is 10.9 Å². The molecule has 0 saturated heterocycles. The van der Waals surface area contributed by atoms with Crippen molar-refractivity contribution in [3.05, 3.63) is 35.0 Å². The molecule has 1 aromatic heterocycles. The standard InChI is InChI=1S/C12H12N2/c1-8-4-9(2)12-11(5-8)10(6-13)7-14(12)3/h4-5,7H,1-3H3. The van der Waals surface area contributed by atoms with E-state index in [1.807, 2.05) is 17.8 Å². The summed E-state index contributed by atoms with van der Waals surface area (Å²) in [5.74, 6) is 0. The van der Waals surface area contributed by atoms with Crippen LogP contribution < -0.4 is 0 Å². The Labute approximate surface area is 83.4 Å². The fraction of sp³-hybridized carbons (Fsp3) is 0.250. The van der Waals surface area contributed by atoms with Gasteiger partial charge in [-0.3, -0.25) is 0 Å². The van der Waals surface area contributed by atoms with Crippen LogP contribution in [-0.2, 0) is 7.05 Å². The topological polar surface area (TPSA) is 28.7 Å². The maximum Gasteiger partial charge on any atom is 0.101 e. The minimum absolute atomic E-state index is 0.759. The van der Waals surface area contributed by atoms with Gasteiger partial charge in [-0.25, -0.2) is 0 Å². The highest BCUT2D eigenvalue weighted by molar-refractivity contribution is 5.89. The lowest BCUT2D eigenvalue weighted by Gasteiger charge is -2.02. The van der Waals surface area contributed by atoms with Crippen LogP contribution in [0.3, 0.4) is 0 Å². The molecule has 1 heterocycles. The normalized spacial score (nSPS) is 10.4. The molecule has 0 N–H and O–H groups in total. The summed E-state index contributed by atoms with van der Waals surface area (Å²) in [6.45, 7) is 4.14. The fourth-order valence-electron chi connectivity index (χ4n) is 2.05. The van der Waals surface area contributed by atoms with Gasteiger partial charge in [0.05, 0.1) is 11.1 Å². The SMILES string of the molecule is Cc1cc(C)c2c(c1)c(C#N)cn2C. The van der Waals surface area contributed by atoms with E-state index in [2.05, 4.69) is 32.0 Å². The lowest BCUT2D eigenvalue weighted by Crippen LogP contribution is -1.87. The zero-order chi connectivity index (χ0) is 10.3. The van der Waals surface area contributed by atoms with Crippen LogP contribution in [0.15, 0.2) is 18.3 Å². The summed E-state index contributed by atoms with van der Waals surface area (Å²) in [7, 11) is 1.98. The number of nitrogens with zero attached hydrogens (tertiary/aromatic N) is 2. The van der Waals surface area contributed by atoms with Crippen LogP contribution in [0.4, 0.5) is 0 Å². The van der Waals surface area contributed by atoms with E-state index in [0.717, 1.165) is 16.5 Å². The molecule has 1 aromatic carbocycles. The summed E-state index contributed by atoms with van der Waals surface area (Å²) in [5.41, 5.74) is 4.35. The van der Waals surface area contributed by atoms with Crippen LogP contribution in [0, 0.1) is 25.2 Å². The van der Waals surface area contributed by atoms with Gasteiger partial charge >= 0.3 is 0 Å². The summed E-state index contributed by atoms with van der Waals surface area (Å²) in [4.78, 5) is 0. The predicted octanol–water partition coefficient (Wildman–Crippen LogP) is 2.67. The molecule has 0 aliphatic heterocycles. The minimum Gasteiger partial charge on any atom is -0.349 e. The quantitative estimate of drug-likeness (QED) is 0.618. The third kappa shape index (κ3) is 1.10. The lowest BCUT2D eigenvalue weighted by molar-refractivity contribution is 0.962. The molecule has 0 atom stereocenters. The summed E-state index contributed by atoms with van der Waals surface area (Å²) in [5, 5.41) is 10.0. The van der Waals surface area contributed by atoms with Gasteiger partial charge < -0.3 is 4.57 Å². The number of aryl methyl sites for hydroxylation is 3. The first-order valence-corrected chi connectivity index (χ1v) is 4.60. The summed E-state index contributed by atoms with van der Waals surface area (Å²) in [6, 6.07) is 6.44. The third-order valence-electron chi connectivity index (χ3n) is 2.53. The molecule has 2 nitrogen and oxygen atoms in total. The molecule has 2 heteroatoms. The first kappa shape index (κ1) is 8.83. The van der Waals surface area contributed by atoms with E-state index in [1.54, 1.807) is 0 Å². The Morgan fingerprint density at radius 1 is 1.29 bits per heavy atom. The molecule has 70 valence electrons. The highest BCUT2D eigenvalue weighted by Crippen LogP contribution is 2.24. The average Bonchev–Trinajstić information content (AvgIpc) is 2.42. The molecule has 0 unspecified atom stereocenters. The fourth-order valence-corrected chi connectivity index (χ4v) is 2.05. The predicted molar refractivity (Wildman–Crippen MR) is 57.1 cm³/mol. The van der Waals surface area contributed by atoms with Crippen LogP contribution >= 0.6 is 0 Å². The molecule has 0 radical (unpaired) electrons. The number of fused-ring (bicyclic) bond motifs is 1. The van der Waals surface area contributed by atoms with Gasteiger partial charge in [0.1, 0.15) is 6.07 Å². The van der Waals surface area contributed by atoms with Crippen molar-refractivity contribution in [3.8, 4) is 6.07 Å². The van der Waals surface area contributed by atoms with E-state index in [0.29, 0.717) is 0 Å². The molecule has 0 spiro atoms. The van der Waals surface area contributed by atoms with Crippen molar-refractivity contribution < 1.29 is 0 Å². The highest BCUT2D eigenvalue weighted by atomic mass is 14.9. The number of nitriles is 1. The molecule has 0 aliphatic rings. The smallest absolute Gasteiger partial charge is 0.101 e. The number of benzene rings is 1. The van der Waals surface area contributed by atoms with Crippen molar-refractivity contribution in [2.75, 3.05) is 0 Å². The number of rotatable bonds is 0. The van der Waals surface area contributed by atoms with Crippen LogP contribution in [0.5, 0.6) is 0 Å². The third-order valence-corrected chi connectivity index (χ3v) is 2.53. The van der Waals surface area contributed by atoms with Gasteiger partial charge in [-0.1, -0.05) is 11.6 Å². The van der Waals surface area contributed by atoms with Gasteiger partial charge in [0.25, 0.3) is 0 Å². The minimum atomic E-state index is 0.759. The monoisotopic (exact) mass is 184 g/mol. The van der Waals surface area contributed by atoms with Gasteiger partial charge in [-0.05, 0) is 25.5 Å². The van der Waals surface area contributed by atoms with Crippen molar-refractivity contribution in [1.29, 1.82) is 5.26 Å². The Bertz CT molecular complexity index is 541. The average molecular weight is 184 g/mol. The summed E-state index contributed by atoms with van der Waals surface area (Å²) in [6.07, 6.45) is 1.89. The van der Waals surface area contributed by atoms with Gasteiger partial charge in [0, 0.05) is 18.6 Å². The van der Waals surface area contributed by atoms with E-state index in [1.165, 1.54) is 11.1 Å². The maximum atomic E-state index is 8.97. The number of aromatic nitrogens is 1. The van der Waals surface area contributed by atoms with Crippen molar-refractivity contribution in [3.63, 3.8) is 0 Å². The van der Waals surface area contributed by atoms with Crippen molar-refractivity contribution in [2.45, 2.75) is 13.8 Å². The lowest BCUT2D eigenvalue weighted by atomic mass is 10.1. The van der Waals surface area contributed by atoms with Gasteiger partial charge in [-0.15, -0.1) is 0 Å². The second-order valence-electron chi connectivity index (χ2n) is 3.74. The molecule has 2 aromatic rings. The number of hydrogen-bond acceptors (Lipinski definition) is 1. The second-order valence-corrected chi connectivity index (χ2v) is 3.74. The van der Waals surface area contributed by atoms with Crippen LogP contribution in [0.1, 0.15) is 16.7 Å². The Hall–Kier alpha value is -1.75. The molecule has 0 amide bonds. The summed E-state index contributed by atoms with van der Waals surface area (Å²) >= 11 is 0.